The summed E-state index contributed by atoms with van der Waals surface area (Å²) in [6.45, 7) is 4.01. The van der Waals surface area contributed by atoms with Crippen LogP contribution in [0.25, 0.3) is 10.8 Å². The molecule has 0 spiro atoms. The average molecular weight is 647 g/mol. The van der Waals surface area contributed by atoms with Crippen LogP contribution in [0.15, 0.2) is 65.7 Å². The van der Waals surface area contributed by atoms with E-state index in [1.54, 1.807) is 26.0 Å². The van der Waals surface area contributed by atoms with Crippen molar-refractivity contribution in [2.75, 3.05) is 13.7 Å². The van der Waals surface area contributed by atoms with Crippen LogP contribution < -0.4 is 21.1 Å². The van der Waals surface area contributed by atoms with Gasteiger partial charge in [0.25, 0.3) is 5.91 Å². The Morgan fingerprint density at radius 3 is 2.28 bits per heavy atom. The van der Waals surface area contributed by atoms with E-state index in [4.69, 9.17) is 15.2 Å². The zero-order valence-electron chi connectivity index (χ0n) is 26.6. The van der Waals surface area contributed by atoms with E-state index < -0.39 is 66.5 Å². The van der Waals surface area contributed by atoms with Crippen molar-refractivity contribution < 1.29 is 43.3 Å². The Morgan fingerprint density at radius 1 is 0.915 bits per heavy atom. The number of aliphatic imine (C=N–C) groups is 1. The van der Waals surface area contributed by atoms with Crippen molar-refractivity contribution in [3.63, 3.8) is 0 Å². The minimum Gasteiger partial charge on any atom is -0.496 e. The number of ether oxygens (including phenoxy) is 2. The number of nitrogens with one attached hydrogen (secondary N) is 2. The number of amides is 3. The first-order valence-corrected chi connectivity index (χ1v) is 14.8. The van der Waals surface area contributed by atoms with Gasteiger partial charge in [0.1, 0.15) is 23.7 Å². The summed E-state index contributed by atoms with van der Waals surface area (Å²) in [6, 6.07) is 14.6. The van der Waals surface area contributed by atoms with Gasteiger partial charge in [0.05, 0.1) is 26.4 Å². The topological polar surface area (TPSA) is 204 Å². The fourth-order valence-electron chi connectivity index (χ4n) is 4.79. The molecule has 1 unspecified atom stereocenters. The largest absolute Gasteiger partial charge is 0.496 e. The number of benzene rings is 3. The van der Waals surface area contributed by atoms with Gasteiger partial charge in [-0.05, 0) is 47.4 Å². The fraction of sp³-hybridized carbons (Fsp3) is 0.324. The molecule has 0 aliphatic carbocycles. The van der Waals surface area contributed by atoms with E-state index in [0.29, 0.717) is 16.9 Å². The molecule has 13 heteroatoms. The molecule has 0 aliphatic heterocycles. The molecule has 2 atom stereocenters. The van der Waals surface area contributed by atoms with E-state index >= 15 is 0 Å². The van der Waals surface area contributed by atoms with Gasteiger partial charge in [-0.1, -0.05) is 56.3 Å². The van der Waals surface area contributed by atoms with Crippen molar-refractivity contribution in [3.8, 4) is 5.75 Å². The monoisotopic (exact) mass is 646 g/mol. The highest BCUT2D eigenvalue weighted by Gasteiger charge is 2.31. The fourth-order valence-corrected chi connectivity index (χ4v) is 4.79. The quantitative estimate of drug-likeness (QED) is 0.108. The number of amidine groups is 1. The highest BCUT2D eigenvalue weighted by molar-refractivity contribution is 6.02. The smallest absolute Gasteiger partial charge is 0.310 e. The first kappa shape index (κ1) is 35.9. The summed E-state index contributed by atoms with van der Waals surface area (Å²) in [5, 5.41) is 16.2. The van der Waals surface area contributed by atoms with Crippen LogP contribution in [0.5, 0.6) is 5.75 Å². The molecule has 3 amide bonds. The normalized spacial score (nSPS) is 12.6. The molecule has 3 aromatic carbocycles. The lowest BCUT2D eigenvalue weighted by Gasteiger charge is -2.24. The molecule has 0 aromatic heterocycles. The number of aliphatic carboxylic acids is 1. The summed E-state index contributed by atoms with van der Waals surface area (Å²) in [5.41, 5.74) is 6.71. The third-order valence-electron chi connectivity index (χ3n) is 7.10. The molecule has 0 aliphatic rings. The van der Waals surface area contributed by atoms with Gasteiger partial charge in [0.15, 0.2) is 12.4 Å². The first-order valence-electron chi connectivity index (χ1n) is 14.8. The molecule has 3 aromatic rings. The van der Waals surface area contributed by atoms with Crippen molar-refractivity contribution in [2.24, 2.45) is 16.6 Å². The van der Waals surface area contributed by atoms with Crippen molar-refractivity contribution in [1.82, 2.24) is 10.6 Å². The average Bonchev–Trinajstić information content (AvgIpc) is 3.01. The summed E-state index contributed by atoms with van der Waals surface area (Å²) in [4.78, 5) is 79.5. The Bertz CT molecular complexity index is 1690. The molecule has 248 valence electrons. The molecule has 0 saturated carbocycles. The van der Waals surface area contributed by atoms with E-state index in [9.17, 15) is 33.9 Å². The maximum absolute atomic E-state index is 13.3. The summed E-state index contributed by atoms with van der Waals surface area (Å²) >= 11 is 0. The number of hydrogen-bond acceptors (Lipinski definition) is 8. The number of methoxy groups -OCH3 is 1. The van der Waals surface area contributed by atoms with Crippen molar-refractivity contribution >= 4 is 52.1 Å². The number of fused-ring (bicyclic) bond motifs is 1. The molecule has 13 nitrogen and oxygen atoms in total. The van der Waals surface area contributed by atoms with Gasteiger partial charge in [-0.2, -0.15) is 4.99 Å². The van der Waals surface area contributed by atoms with Crippen LogP contribution in [0.3, 0.4) is 0 Å². The molecule has 0 radical (unpaired) electrons. The van der Waals surface area contributed by atoms with Crippen LogP contribution in [-0.2, 0) is 41.6 Å². The van der Waals surface area contributed by atoms with Gasteiger partial charge in [0.2, 0.25) is 11.8 Å². The van der Waals surface area contributed by atoms with Gasteiger partial charge in [-0.25, -0.2) is 0 Å². The van der Waals surface area contributed by atoms with Crippen LogP contribution in [0, 0.1) is 5.92 Å². The number of nitrogens with zero attached hydrogens (tertiary/aromatic N) is 1. The lowest BCUT2D eigenvalue weighted by atomic mass is 10.0. The van der Waals surface area contributed by atoms with E-state index in [2.05, 4.69) is 15.6 Å². The first-order chi connectivity index (χ1) is 22.3. The molecule has 0 fully saturated rings. The zero-order valence-corrected chi connectivity index (χ0v) is 26.6. The standard InChI is InChI=1S/C34H38N4O9/c1-19(2)32(38-29(40)15-24-14-23(12-13-28(24)46-4)33(44)36-20(3)35)34(45)37-26(17-30(41)42)27(39)18-47-31(43)16-22-10-7-9-21-8-5-6-11-25(21)22/h5-14,19,26,32H,15-18H2,1-4H3,(H,37,45)(H,38,40)(H,41,42)(H2,35,36,44)/t26?,32-/m0/s1. The predicted molar refractivity (Wildman–Crippen MR) is 173 cm³/mol. The van der Waals surface area contributed by atoms with Gasteiger partial charge in [-0.3, -0.25) is 28.8 Å². The minimum absolute atomic E-state index is 0.0645. The van der Waals surface area contributed by atoms with Crippen LogP contribution in [0.1, 0.15) is 48.7 Å². The summed E-state index contributed by atoms with van der Waals surface area (Å²) in [7, 11) is 1.39. The van der Waals surface area contributed by atoms with Crippen molar-refractivity contribution in [2.45, 2.75) is 52.1 Å². The third-order valence-corrected chi connectivity index (χ3v) is 7.10. The molecular weight excluding hydrogens is 608 g/mol. The van der Waals surface area contributed by atoms with Crippen molar-refractivity contribution in [3.05, 3.63) is 77.4 Å². The Hall–Kier alpha value is -5.59. The Balaban J connectivity index is 1.66. The lowest BCUT2D eigenvalue weighted by Crippen LogP contribution is -2.54. The Kier molecular flexibility index (Phi) is 12.7. The van der Waals surface area contributed by atoms with Crippen LogP contribution >= 0.6 is 0 Å². The lowest BCUT2D eigenvalue weighted by molar-refractivity contribution is -0.148. The molecule has 47 heavy (non-hydrogen) atoms. The van der Waals surface area contributed by atoms with Gasteiger partial charge >= 0.3 is 11.9 Å². The Morgan fingerprint density at radius 2 is 1.62 bits per heavy atom. The SMILES string of the molecule is COc1ccc(C(=O)N=C(C)N)cc1CC(=O)N[C@H](C(=O)NC(CC(=O)O)C(=O)COC(=O)Cc1cccc2ccccc12)C(C)C. The number of Topliss-reactive ketones (excluding diaryl/α,β-unsaturated/α-hetero) is 1. The number of carbonyl (C=O) groups excluding carboxylic acids is 5. The van der Waals surface area contributed by atoms with Gasteiger partial charge in [-0.15, -0.1) is 0 Å². The second kappa shape index (κ2) is 16.6. The van der Waals surface area contributed by atoms with Gasteiger partial charge in [0, 0.05) is 11.1 Å². The Labute approximate surface area is 271 Å². The number of esters is 1. The predicted octanol–water partition coefficient (Wildman–Crippen LogP) is 2.36. The summed E-state index contributed by atoms with van der Waals surface area (Å²) in [6.07, 6.45) is -1.17. The van der Waals surface area contributed by atoms with Crippen molar-refractivity contribution in [1.29, 1.82) is 0 Å². The van der Waals surface area contributed by atoms with E-state index in [1.165, 1.54) is 32.2 Å². The zero-order chi connectivity index (χ0) is 34.7. The molecule has 0 bridgehead atoms. The molecule has 0 saturated heterocycles. The molecule has 3 rings (SSSR count). The number of carboxylic acids is 1. The van der Waals surface area contributed by atoms with E-state index in [0.717, 1.165) is 10.8 Å². The number of hydrogen-bond donors (Lipinski definition) is 4. The maximum atomic E-state index is 13.3. The number of carboxylic acid groups (broad SMARTS) is 1. The molecule has 0 heterocycles. The highest BCUT2D eigenvalue weighted by atomic mass is 16.5. The maximum Gasteiger partial charge on any atom is 0.310 e. The minimum atomic E-state index is -1.53. The summed E-state index contributed by atoms with van der Waals surface area (Å²) < 4.78 is 10.5. The van der Waals surface area contributed by atoms with Crippen LogP contribution in [-0.4, -0.2) is 72.2 Å². The summed E-state index contributed by atoms with van der Waals surface area (Å²) in [5.74, 6) is -5.02. The third kappa shape index (κ3) is 10.5. The number of ketones is 1. The second-order valence-electron chi connectivity index (χ2n) is 11.2. The van der Waals surface area contributed by atoms with E-state index in [1.807, 2.05) is 30.3 Å². The second-order valence-corrected chi connectivity index (χ2v) is 11.2. The van der Waals surface area contributed by atoms with Crippen LogP contribution in [0.2, 0.25) is 0 Å². The van der Waals surface area contributed by atoms with E-state index in [-0.39, 0.29) is 24.2 Å². The highest BCUT2D eigenvalue weighted by Crippen LogP contribution is 2.22. The van der Waals surface area contributed by atoms with Crippen LogP contribution in [0.4, 0.5) is 0 Å². The molecule has 5 N–H and O–H groups in total. The van der Waals surface area contributed by atoms with Gasteiger partial charge < -0.3 is 30.9 Å². The number of carbonyl (C=O) groups is 6. The molecular formula is C34H38N4O9. The number of rotatable bonds is 15. The number of nitrogens with two attached hydrogens (primary N) is 1.